The molecule has 1 aliphatic carbocycles. The number of alkyl halides is 1. The van der Waals surface area contributed by atoms with E-state index >= 15 is 0 Å². The molecule has 1 aromatic heterocycles. The van der Waals surface area contributed by atoms with Crippen LogP contribution in [0, 0.1) is 5.92 Å². The van der Waals surface area contributed by atoms with Gasteiger partial charge in [-0.25, -0.2) is 0 Å². The van der Waals surface area contributed by atoms with Crippen molar-refractivity contribution in [3.05, 3.63) is 5.89 Å². The lowest BCUT2D eigenvalue weighted by atomic mass is 9.71. The van der Waals surface area contributed by atoms with E-state index in [2.05, 4.69) is 15.1 Å². The molecule has 5 nitrogen and oxygen atoms in total. The zero-order chi connectivity index (χ0) is 13.3. The molecule has 106 valence electrons. The maximum atomic E-state index is 10.6. The molecule has 0 spiro atoms. The summed E-state index contributed by atoms with van der Waals surface area (Å²) >= 11 is 5.67. The highest BCUT2D eigenvalue weighted by Crippen LogP contribution is 2.40. The van der Waals surface area contributed by atoms with Gasteiger partial charge in [0.25, 0.3) is 0 Å². The highest BCUT2D eigenvalue weighted by atomic mass is 35.5. The Morgan fingerprint density at radius 1 is 1.37 bits per heavy atom. The minimum atomic E-state index is -0.465. The highest BCUT2D eigenvalue weighted by molar-refractivity contribution is 6.17. The molecule has 2 unspecified atom stereocenters. The third-order valence-electron chi connectivity index (χ3n) is 4.46. The maximum absolute atomic E-state index is 10.6. The summed E-state index contributed by atoms with van der Waals surface area (Å²) < 4.78 is 5.61. The SMILES string of the molecule is OC12CCCCC1CN(c1nnc(CCCl)o1)CC2. The number of hydrogen-bond donors (Lipinski definition) is 1. The average Bonchev–Trinajstić information content (AvgIpc) is 2.87. The first-order valence-corrected chi connectivity index (χ1v) is 7.60. The summed E-state index contributed by atoms with van der Waals surface area (Å²) in [6.45, 7) is 1.61. The van der Waals surface area contributed by atoms with Gasteiger partial charge in [-0.2, -0.15) is 0 Å². The molecule has 0 amide bonds. The van der Waals surface area contributed by atoms with Crippen molar-refractivity contribution in [3.63, 3.8) is 0 Å². The summed E-state index contributed by atoms with van der Waals surface area (Å²) in [5.41, 5.74) is -0.465. The fourth-order valence-corrected chi connectivity index (χ4v) is 3.46. The molecule has 1 aromatic rings. The summed E-state index contributed by atoms with van der Waals surface area (Å²) in [4.78, 5) is 2.11. The smallest absolute Gasteiger partial charge is 0.318 e. The Balaban J connectivity index is 1.69. The van der Waals surface area contributed by atoms with Crippen LogP contribution < -0.4 is 4.90 Å². The van der Waals surface area contributed by atoms with Crippen molar-refractivity contribution in [1.29, 1.82) is 0 Å². The quantitative estimate of drug-likeness (QED) is 0.861. The molecule has 1 saturated heterocycles. The van der Waals surface area contributed by atoms with Crippen LogP contribution in [0.2, 0.25) is 0 Å². The van der Waals surface area contributed by atoms with Crippen molar-refractivity contribution < 1.29 is 9.52 Å². The van der Waals surface area contributed by atoms with Crippen LogP contribution in [0.15, 0.2) is 4.42 Å². The second-order valence-corrected chi connectivity index (χ2v) is 6.04. The molecule has 3 rings (SSSR count). The van der Waals surface area contributed by atoms with Crippen molar-refractivity contribution in [3.8, 4) is 0 Å². The van der Waals surface area contributed by atoms with Gasteiger partial charge in [-0.05, 0) is 19.3 Å². The molecule has 2 heterocycles. The zero-order valence-corrected chi connectivity index (χ0v) is 11.8. The number of piperidine rings is 1. The molecule has 2 aliphatic rings. The standard InChI is InChI=1S/C13H20ClN3O2/c14-7-4-11-15-16-12(19-11)17-8-6-13(18)5-2-1-3-10(13)9-17/h10,18H,1-9H2. The number of hydrogen-bond acceptors (Lipinski definition) is 5. The Morgan fingerprint density at radius 2 is 2.26 bits per heavy atom. The van der Waals surface area contributed by atoms with E-state index in [1.807, 2.05) is 0 Å². The van der Waals surface area contributed by atoms with E-state index in [0.717, 1.165) is 38.8 Å². The van der Waals surface area contributed by atoms with E-state index in [-0.39, 0.29) is 0 Å². The fraction of sp³-hybridized carbons (Fsp3) is 0.846. The molecular weight excluding hydrogens is 266 g/mol. The molecule has 19 heavy (non-hydrogen) atoms. The van der Waals surface area contributed by atoms with Crippen LogP contribution in [0.3, 0.4) is 0 Å². The number of nitrogens with zero attached hydrogens (tertiary/aromatic N) is 3. The topological polar surface area (TPSA) is 62.4 Å². The second kappa shape index (κ2) is 5.29. The Hall–Kier alpha value is -0.810. The third-order valence-corrected chi connectivity index (χ3v) is 4.65. The molecule has 6 heteroatoms. The van der Waals surface area contributed by atoms with Crippen LogP contribution in [-0.4, -0.2) is 39.9 Å². The van der Waals surface area contributed by atoms with Gasteiger partial charge in [0.2, 0.25) is 5.89 Å². The normalized spacial score (nSPS) is 31.3. The van der Waals surface area contributed by atoms with Gasteiger partial charge in [0, 0.05) is 31.3 Å². The van der Waals surface area contributed by atoms with Gasteiger partial charge in [0.15, 0.2) is 0 Å². The van der Waals surface area contributed by atoms with Crippen molar-refractivity contribution in [1.82, 2.24) is 10.2 Å². The number of halogens is 1. The van der Waals surface area contributed by atoms with Crippen molar-refractivity contribution in [2.75, 3.05) is 23.9 Å². The van der Waals surface area contributed by atoms with Gasteiger partial charge in [0.1, 0.15) is 0 Å². The molecular formula is C13H20ClN3O2. The molecule has 2 atom stereocenters. The van der Waals surface area contributed by atoms with Gasteiger partial charge in [0.05, 0.1) is 5.60 Å². The lowest BCUT2D eigenvalue weighted by molar-refractivity contribution is -0.0619. The van der Waals surface area contributed by atoms with Gasteiger partial charge in [-0.1, -0.05) is 17.9 Å². The monoisotopic (exact) mass is 285 g/mol. The third kappa shape index (κ3) is 2.58. The van der Waals surface area contributed by atoms with E-state index < -0.39 is 5.60 Å². The Morgan fingerprint density at radius 3 is 3.11 bits per heavy atom. The summed E-state index contributed by atoms with van der Waals surface area (Å²) in [6.07, 6.45) is 5.79. The summed E-state index contributed by atoms with van der Waals surface area (Å²) in [7, 11) is 0. The highest BCUT2D eigenvalue weighted by Gasteiger charge is 2.43. The molecule has 0 radical (unpaired) electrons. The van der Waals surface area contributed by atoms with E-state index in [4.69, 9.17) is 16.0 Å². The van der Waals surface area contributed by atoms with E-state index in [0.29, 0.717) is 30.1 Å². The Labute approximate surface area is 117 Å². The number of anilines is 1. The minimum absolute atomic E-state index is 0.332. The first kappa shape index (κ1) is 13.2. The minimum Gasteiger partial charge on any atom is -0.408 e. The van der Waals surface area contributed by atoms with Gasteiger partial charge in [-0.15, -0.1) is 16.7 Å². The molecule has 0 bridgehead atoms. The maximum Gasteiger partial charge on any atom is 0.318 e. The van der Waals surface area contributed by atoms with Crippen molar-refractivity contribution >= 4 is 17.6 Å². The first-order chi connectivity index (χ1) is 9.21. The number of aliphatic hydroxyl groups is 1. The van der Waals surface area contributed by atoms with Crippen LogP contribution in [0.4, 0.5) is 6.01 Å². The molecule has 1 N–H and O–H groups in total. The molecule has 1 saturated carbocycles. The van der Waals surface area contributed by atoms with Crippen molar-refractivity contribution in [2.24, 2.45) is 5.92 Å². The zero-order valence-electron chi connectivity index (χ0n) is 11.0. The number of rotatable bonds is 3. The fourth-order valence-electron chi connectivity index (χ4n) is 3.30. The molecule has 0 aromatic carbocycles. The summed E-state index contributed by atoms with van der Waals surface area (Å²) in [6, 6.07) is 0.577. The molecule has 1 aliphatic heterocycles. The van der Waals surface area contributed by atoms with Crippen molar-refractivity contribution in [2.45, 2.75) is 44.1 Å². The Bertz CT molecular complexity index is 439. The average molecular weight is 286 g/mol. The lowest BCUT2D eigenvalue weighted by Crippen LogP contribution is -2.53. The van der Waals surface area contributed by atoms with Crippen LogP contribution in [0.1, 0.15) is 38.0 Å². The predicted molar refractivity (Wildman–Crippen MR) is 72.5 cm³/mol. The van der Waals surface area contributed by atoms with Gasteiger partial charge >= 0.3 is 6.01 Å². The molecule has 2 fully saturated rings. The summed E-state index contributed by atoms with van der Waals surface area (Å²) in [5, 5.41) is 18.7. The summed E-state index contributed by atoms with van der Waals surface area (Å²) in [5.74, 6) is 1.41. The lowest BCUT2D eigenvalue weighted by Gasteiger charge is -2.46. The predicted octanol–water partition coefficient (Wildman–Crippen LogP) is 1.98. The second-order valence-electron chi connectivity index (χ2n) is 5.66. The van der Waals surface area contributed by atoms with E-state index in [9.17, 15) is 5.11 Å². The number of aryl methyl sites for hydroxylation is 1. The van der Waals surface area contributed by atoms with Gasteiger partial charge < -0.3 is 14.4 Å². The first-order valence-electron chi connectivity index (χ1n) is 7.07. The van der Waals surface area contributed by atoms with Crippen LogP contribution in [0.25, 0.3) is 0 Å². The van der Waals surface area contributed by atoms with E-state index in [1.165, 1.54) is 6.42 Å². The number of aromatic nitrogens is 2. The Kier molecular flexibility index (Phi) is 3.67. The van der Waals surface area contributed by atoms with Crippen LogP contribution in [0.5, 0.6) is 0 Å². The van der Waals surface area contributed by atoms with E-state index in [1.54, 1.807) is 0 Å². The number of fused-ring (bicyclic) bond motifs is 1. The largest absolute Gasteiger partial charge is 0.408 e. The van der Waals surface area contributed by atoms with Crippen LogP contribution >= 0.6 is 11.6 Å². The van der Waals surface area contributed by atoms with Gasteiger partial charge in [-0.3, -0.25) is 0 Å². The van der Waals surface area contributed by atoms with Crippen LogP contribution in [-0.2, 0) is 6.42 Å².